The molecule has 178 valence electrons. The van der Waals surface area contributed by atoms with Gasteiger partial charge in [-0.15, -0.1) is 0 Å². The highest BCUT2D eigenvalue weighted by Gasteiger charge is 2.27. The van der Waals surface area contributed by atoms with Crippen molar-refractivity contribution in [3.63, 3.8) is 0 Å². The van der Waals surface area contributed by atoms with Crippen LogP contribution in [-0.2, 0) is 16.1 Å². The fourth-order valence-electron chi connectivity index (χ4n) is 2.94. The van der Waals surface area contributed by atoms with E-state index in [4.69, 9.17) is 32.7 Å². The Labute approximate surface area is 201 Å². The second-order valence-electron chi connectivity index (χ2n) is 7.10. The lowest BCUT2D eigenvalue weighted by Crippen LogP contribution is -2.49. The second kappa shape index (κ2) is 12.3. The average molecular weight is 498 g/mol. The van der Waals surface area contributed by atoms with Crippen molar-refractivity contribution in [3.8, 4) is 11.5 Å². The first kappa shape index (κ1) is 26.2. The summed E-state index contributed by atoms with van der Waals surface area (Å²) in [4.78, 5) is 37.4. The van der Waals surface area contributed by atoms with Crippen LogP contribution in [0.5, 0.6) is 11.5 Å². The zero-order valence-corrected chi connectivity index (χ0v) is 20.0. The van der Waals surface area contributed by atoms with Gasteiger partial charge < -0.3 is 19.7 Å². The van der Waals surface area contributed by atoms with Gasteiger partial charge in [-0.2, -0.15) is 0 Å². The van der Waals surface area contributed by atoms with Gasteiger partial charge in [-0.05, 0) is 37.1 Å². The van der Waals surface area contributed by atoms with Crippen molar-refractivity contribution in [2.24, 2.45) is 0 Å². The molecule has 0 fully saturated rings. The van der Waals surface area contributed by atoms with Crippen LogP contribution in [0, 0.1) is 10.1 Å². The molecule has 0 radical (unpaired) electrons. The molecule has 2 aromatic rings. The van der Waals surface area contributed by atoms with Gasteiger partial charge in [-0.25, -0.2) is 0 Å². The van der Waals surface area contributed by atoms with E-state index in [2.05, 4.69) is 5.32 Å². The highest BCUT2D eigenvalue weighted by molar-refractivity contribution is 6.35. The summed E-state index contributed by atoms with van der Waals surface area (Å²) in [6.07, 6.45) is 0.751. The normalized spacial score (nSPS) is 11.4. The number of amides is 2. The van der Waals surface area contributed by atoms with E-state index in [9.17, 15) is 19.7 Å². The Morgan fingerprint density at radius 2 is 1.94 bits per heavy atom. The van der Waals surface area contributed by atoms with Crippen molar-refractivity contribution < 1.29 is 24.0 Å². The van der Waals surface area contributed by atoms with Crippen molar-refractivity contribution in [2.45, 2.75) is 32.9 Å². The van der Waals surface area contributed by atoms with Gasteiger partial charge in [0.05, 0.1) is 12.0 Å². The Bertz CT molecular complexity index is 1020. The molecule has 9 nitrogen and oxygen atoms in total. The molecule has 11 heteroatoms. The quantitative estimate of drug-likeness (QED) is 0.367. The van der Waals surface area contributed by atoms with Crippen LogP contribution in [0.3, 0.4) is 0 Å². The molecule has 0 saturated carbocycles. The number of hydrogen-bond acceptors (Lipinski definition) is 6. The summed E-state index contributed by atoms with van der Waals surface area (Å²) in [7, 11) is 1.30. The van der Waals surface area contributed by atoms with Crippen LogP contribution in [0.15, 0.2) is 36.4 Å². The zero-order valence-electron chi connectivity index (χ0n) is 18.5. The van der Waals surface area contributed by atoms with Gasteiger partial charge in [-0.1, -0.05) is 36.2 Å². The maximum absolute atomic E-state index is 13.1. The van der Waals surface area contributed by atoms with Gasteiger partial charge in [0.15, 0.2) is 6.61 Å². The van der Waals surface area contributed by atoms with Crippen LogP contribution in [0.25, 0.3) is 0 Å². The standard InChI is InChI=1S/C22H25Cl2N3O6/c1-4-9-25-22(29)14(2)26(12-15-5-6-16(23)10-18(15)24)21(28)13-33-17-7-8-19(27(30)31)20(11-17)32-3/h5-8,10-11,14H,4,9,12-13H2,1-3H3,(H,25,29). The molecular formula is C22H25Cl2N3O6. The topological polar surface area (TPSA) is 111 Å². The van der Waals surface area contributed by atoms with E-state index in [0.717, 1.165) is 6.42 Å². The Morgan fingerprint density at radius 3 is 2.55 bits per heavy atom. The Kier molecular flexibility index (Phi) is 9.74. The molecule has 2 amide bonds. The van der Waals surface area contributed by atoms with Crippen molar-refractivity contribution in [1.29, 1.82) is 0 Å². The molecule has 33 heavy (non-hydrogen) atoms. The first-order valence-corrected chi connectivity index (χ1v) is 10.9. The van der Waals surface area contributed by atoms with Crippen molar-refractivity contribution in [3.05, 3.63) is 62.1 Å². The first-order chi connectivity index (χ1) is 15.7. The number of carbonyl (C=O) groups is 2. The lowest BCUT2D eigenvalue weighted by Gasteiger charge is -2.29. The molecule has 2 rings (SSSR count). The minimum Gasteiger partial charge on any atom is -0.490 e. The fourth-order valence-corrected chi connectivity index (χ4v) is 3.41. The number of ether oxygens (including phenoxy) is 2. The molecule has 0 spiro atoms. The first-order valence-electron chi connectivity index (χ1n) is 10.1. The van der Waals surface area contributed by atoms with Crippen LogP contribution in [0.1, 0.15) is 25.8 Å². The molecular weight excluding hydrogens is 473 g/mol. The molecule has 0 heterocycles. The van der Waals surface area contributed by atoms with E-state index in [0.29, 0.717) is 22.2 Å². The third-order valence-corrected chi connectivity index (χ3v) is 5.37. The molecule has 0 aliphatic carbocycles. The maximum Gasteiger partial charge on any atom is 0.311 e. The predicted molar refractivity (Wildman–Crippen MR) is 125 cm³/mol. The monoisotopic (exact) mass is 497 g/mol. The summed E-state index contributed by atoms with van der Waals surface area (Å²) in [5.74, 6) is -0.579. The number of nitrogens with one attached hydrogen (secondary N) is 1. The third kappa shape index (κ3) is 7.23. The fraction of sp³-hybridized carbons (Fsp3) is 0.364. The number of hydrogen-bond donors (Lipinski definition) is 1. The molecule has 1 atom stereocenters. The number of nitrogens with zero attached hydrogens (tertiary/aromatic N) is 2. The number of benzene rings is 2. The minimum absolute atomic E-state index is 0.00191. The van der Waals surface area contributed by atoms with Crippen LogP contribution < -0.4 is 14.8 Å². The van der Waals surface area contributed by atoms with Crippen molar-refractivity contribution in [1.82, 2.24) is 10.2 Å². The van der Waals surface area contributed by atoms with Gasteiger partial charge in [0.25, 0.3) is 5.91 Å². The van der Waals surface area contributed by atoms with E-state index in [1.807, 2.05) is 6.92 Å². The lowest BCUT2D eigenvalue weighted by molar-refractivity contribution is -0.385. The molecule has 0 aliphatic heterocycles. The summed E-state index contributed by atoms with van der Waals surface area (Å²) in [6, 6.07) is 8.00. The van der Waals surface area contributed by atoms with Gasteiger partial charge in [0, 0.05) is 35.3 Å². The van der Waals surface area contributed by atoms with Crippen molar-refractivity contribution >= 4 is 40.7 Å². The van der Waals surface area contributed by atoms with Crippen LogP contribution in [0.4, 0.5) is 5.69 Å². The smallest absolute Gasteiger partial charge is 0.311 e. The van der Waals surface area contributed by atoms with E-state index < -0.39 is 23.5 Å². The van der Waals surface area contributed by atoms with E-state index in [1.54, 1.807) is 25.1 Å². The Hall–Kier alpha value is -3.04. The zero-order chi connectivity index (χ0) is 24.5. The third-order valence-electron chi connectivity index (χ3n) is 4.78. The second-order valence-corrected chi connectivity index (χ2v) is 7.95. The van der Waals surface area contributed by atoms with Crippen molar-refractivity contribution in [2.75, 3.05) is 20.3 Å². The van der Waals surface area contributed by atoms with Crippen LogP contribution >= 0.6 is 23.2 Å². The summed E-state index contributed by atoms with van der Waals surface area (Å²) < 4.78 is 10.6. The molecule has 0 aliphatic rings. The summed E-state index contributed by atoms with van der Waals surface area (Å²) in [5, 5.41) is 14.6. The molecule has 1 N–H and O–H groups in total. The molecule has 0 aromatic heterocycles. The highest BCUT2D eigenvalue weighted by atomic mass is 35.5. The number of carbonyl (C=O) groups excluding carboxylic acids is 2. The highest BCUT2D eigenvalue weighted by Crippen LogP contribution is 2.31. The van der Waals surface area contributed by atoms with Gasteiger partial charge in [0.1, 0.15) is 11.8 Å². The van der Waals surface area contributed by atoms with E-state index in [1.165, 1.54) is 30.2 Å². The number of methoxy groups -OCH3 is 1. The molecule has 0 bridgehead atoms. The summed E-state index contributed by atoms with van der Waals surface area (Å²) in [5.41, 5.74) is 0.387. The summed E-state index contributed by atoms with van der Waals surface area (Å²) in [6.45, 7) is 3.67. The number of nitro benzene ring substituents is 1. The SMILES string of the molecule is CCCNC(=O)C(C)N(Cc1ccc(Cl)cc1Cl)C(=O)COc1ccc([N+](=O)[O-])c(OC)c1. The largest absolute Gasteiger partial charge is 0.490 e. The average Bonchev–Trinajstić information content (AvgIpc) is 2.79. The number of nitro groups is 1. The Balaban J connectivity index is 2.21. The Morgan fingerprint density at radius 1 is 1.21 bits per heavy atom. The molecule has 2 aromatic carbocycles. The van der Waals surface area contributed by atoms with Crippen LogP contribution in [0.2, 0.25) is 10.0 Å². The predicted octanol–water partition coefficient (Wildman–Crippen LogP) is 4.23. The lowest BCUT2D eigenvalue weighted by atomic mass is 10.1. The van der Waals surface area contributed by atoms with E-state index >= 15 is 0 Å². The van der Waals surface area contributed by atoms with E-state index in [-0.39, 0.29) is 29.6 Å². The van der Waals surface area contributed by atoms with Gasteiger partial charge >= 0.3 is 5.69 Å². The summed E-state index contributed by atoms with van der Waals surface area (Å²) >= 11 is 12.2. The number of rotatable bonds is 11. The molecule has 1 unspecified atom stereocenters. The maximum atomic E-state index is 13.1. The molecule has 0 saturated heterocycles. The van der Waals surface area contributed by atoms with Gasteiger partial charge in [0.2, 0.25) is 11.7 Å². The minimum atomic E-state index is -0.800. The number of halogens is 2. The van der Waals surface area contributed by atoms with Gasteiger partial charge in [-0.3, -0.25) is 19.7 Å². The van der Waals surface area contributed by atoms with Crippen LogP contribution in [-0.4, -0.2) is 47.9 Å².